The number of amides is 1. The van der Waals surface area contributed by atoms with Gasteiger partial charge in [-0.25, -0.2) is 9.37 Å². The topological polar surface area (TPSA) is 94.2 Å². The Morgan fingerprint density at radius 2 is 1.88 bits per heavy atom. The first-order valence-electron chi connectivity index (χ1n) is 11.0. The van der Waals surface area contributed by atoms with Crippen molar-refractivity contribution in [2.24, 2.45) is 0 Å². The van der Waals surface area contributed by atoms with Crippen LogP contribution in [-0.2, 0) is 24.2 Å². The number of aryl methyl sites for hydroxylation is 1. The van der Waals surface area contributed by atoms with Gasteiger partial charge in [0.25, 0.3) is 5.91 Å². The molecule has 0 unspecified atom stereocenters. The number of rotatable bonds is 12. The summed E-state index contributed by atoms with van der Waals surface area (Å²) in [6, 6.07) is 12.0. The molecule has 2 aromatic carbocycles. The number of aromatic nitrogens is 1. The van der Waals surface area contributed by atoms with Crippen molar-refractivity contribution in [2.75, 3.05) is 10.6 Å². The van der Waals surface area contributed by atoms with E-state index < -0.39 is 5.97 Å². The molecule has 0 saturated heterocycles. The van der Waals surface area contributed by atoms with Gasteiger partial charge in [0, 0.05) is 35.6 Å². The van der Waals surface area contributed by atoms with Crippen molar-refractivity contribution >= 4 is 34.0 Å². The second kappa shape index (κ2) is 12.1. The quantitative estimate of drug-likeness (QED) is 0.380. The van der Waals surface area contributed by atoms with Crippen molar-refractivity contribution in [3.05, 3.63) is 76.0 Å². The highest BCUT2D eigenvalue weighted by Crippen LogP contribution is 2.21. The lowest BCUT2D eigenvalue weighted by molar-refractivity contribution is -0.304. The lowest BCUT2D eigenvalue weighted by Gasteiger charge is -2.13. The zero-order valence-corrected chi connectivity index (χ0v) is 19.3. The first kappa shape index (κ1) is 24.4. The molecule has 6 nitrogen and oxygen atoms in total. The van der Waals surface area contributed by atoms with Gasteiger partial charge >= 0.3 is 0 Å². The fraction of sp³-hybridized carbons (Fsp3) is 0.320. The van der Waals surface area contributed by atoms with Gasteiger partial charge in [0.2, 0.25) is 0 Å². The number of nitrogens with one attached hydrogen (secondary N) is 2. The maximum atomic E-state index is 13.8. The third-order valence-corrected chi connectivity index (χ3v) is 5.97. The number of carbonyl (C=O) groups is 2. The fourth-order valence-electron chi connectivity index (χ4n) is 3.41. The van der Waals surface area contributed by atoms with Gasteiger partial charge in [-0.3, -0.25) is 10.1 Å². The SMILES string of the molecule is CCCCCCc1ccc(F)cc1NCc1ccc(C(=O)Nc2nc(CC(=O)[O-])cs2)cc1. The van der Waals surface area contributed by atoms with Crippen molar-refractivity contribution in [1.29, 1.82) is 0 Å². The van der Waals surface area contributed by atoms with E-state index in [4.69, 9.17) is 0 Å². The molecule has 0 aliphatic heterocycles. The Labute approximate surface area is 196 Å². The molecule has 1 amide bonds. The van der Waals surface area contributed by atoms with E-state index in [9.17, 15) is 19.1 Å². The van der Waals surface area contributed by atoms with Gasteiger partial charge in [0.15, 0.2) is 5.13 Å². The number of unbranched alkanes of at least 4 members (excludes halogenated alkanes) is 3. The Morgan fingerprint density at radius 1 is 1.09 bits per heavy atom. The molecule has 0 saturated carbocycles. The molecule has 0 atom stereocenters. The normalized spacial score (nSPS) is 10.7. The van der Waals surface area contributed by atoms with Gasteiger partial charge in [0.1, 0.15) is 5.82 Å². The molecular formula is C25H27FN3O3S-. The molecule has 0 radical (unpaired) electrons. The van der Waals surface area contributed by atoms with Crippen LogP contribution in [0.3, 0.4) is 0 Å². The molecule has 0 fully saturated rings. The summed E-state index contributed by atoms with van der Waals surface area (Å²) in [5, 5.41) is 18.5. The molecule has 1 aromatic heterocycles. The molecule has 174 valence electrons. The van der Waals surface area contributed by atoms with Crippen LogP contribution in [0.4, 0.5) is 15.2 Å². The first-order valence-corrected chi connectivity index (χ1v) is 11.9. The van der Waals surface area contributed by atoms with Crippen molar-refractivity contribution in [3.63, 3.8) is 0 Å². The van der Waals surface area contributed by atoms with Gasteiger partial charge < -0.3 is 15.2 Å². The average molecular weight is 469 g/mol. The molecule has 33 heavy (non-hydrogen) atoms. The predicted octanol–water partition coefficient (Wildman–Crippen LogP) is 4.56. The van der Waals surface area contributed by atoms with Gasteiger partial charge in [-0.2, -0.15) is 0 Å². The van der Waals surface area contributed by atoms with Crippen LogP contribution in [0.5, 0.6) is 0 Å². The summed E-state index contributed by atoms with van der Waals surface area (Å²) in [6.07, 6.45) is 5.23. The molecule has 3 rings (SSSR count). The summed E-state index contributed by atoms with van der Waals surface area (Å²) in [6.45, 7) is 2.68. The monoisotopic (exact) mass is 468 g/mol. The van der Waals surface area contributed by atoms with Crippen molar-refractivity contribution < 1.29 is 19.1 Å². The predicted molar refractivity (Wildman–Crippen MR) is 127 cm³/mol. The smallest absolute Gasteiger partial charge is 0.257 e. The van der Waals surface area contributed by atoms with E-state index in [1.54, 1.807) is 17.5 Å². The molecule has 0 aliphatic carbocycles. The van der Waals surface area contributed by atoms with Gasteiger partial charge in [-0.15, -0.1) is 11.3 Å². The first-order chi connectivity index (χ1) is 15.9. The lowest BCUT2D eigenvalue weighted by atomic mass is 10.0. The van der Waals surface area contributed by atoms with Crippen LogP contribution in [0.25, 0.3) is 0 Å². The zero-order valence-electron chi connectivity index (χ0n) is 18.5. The van der Waals surface area contributed by atoms with Crippen molar-refractivity contribution in [2.45, 2.75) is 52.0 Å². The summed E-state index contributed by atoms with van der Waals surface area (Å²) in [5.41, 5.74) is 3.66. The van der Waals surface area contributed by atoms with Crippen LogP contribution >= 0.6 is 11.3 Å². The van der Waals surface area contributed by atoms with Crippen molar-refractivity contribution in [3.8, 4) is 0 Å². The molecule has 3 aromatic rings. The standard InChI is InChI=1S/C25H28FN3O3S/c1-2-3-4-5-6-18-11-12-20(26)13-22(18)27-15-17-7-9-19(10-8-17)24(32)29-25-28-21(16-33-25)14-23(30)31/h7-13,16,27H,2-6,14-15H2,1H3,(H,30,31)(H,28,29,32)/p-1. The number of halogens is 1. The summed E-state index contributed by atoms with van der Waals surface area (Å²) in [5.74, 6) is -1.82. The molecule has 8 heteroatoms. The number of aliphatic carboxylic acids is 1. The van der Waals surface area contributed by atoms with E-state index in [-0.39, 0.29) is 18.1 Å². The highest BCUT2D eigenvalue weighted by Gasteiger charge is 2.10. The maximum absolute atomic E-state index is 13.8. The second-order valence-electron chi connectivity index (χ2n) is 7.81. The van der Waals surface area contributed by atoms with E-state index in [2.05, 4.69) is 22.5 Å². The van der Waals surface area contributed by atoms with Crippen LogP contribution in [0.15, 0.2) is 47.8 Å². The Morgan fingerprint density at radius 3 is 2.61 bits per heavy atom. The number of nitrogens with zero attached hydrogens (tertiary/aromatic N) is 1. The molecule has 1 heterocycles. The minimum absolute atomic E-state index is 0.271. The third kappa shape index (κ3) is 7.68. The summed E-state index contributed by atoms with van der Waals surface area (Å²) in [4.78, 5) is 27.1. The number of hydrogen-bond acceptors (Lipinski definition) is 6. The van der Waals surface area contributed by atoms with Gasteiger partial charge in [-0.05, 0) is 48.2 Å². The highest BCUT2D eigenvalue weighted by molar-refractivity contribution is 7.14. The maximum Gasteiger partial charge on any atom is 0.257 e. The molecular weight excluding hydrogens is 441 g/mol. The molecule has 0 spiro atoms. The molecule has 0 bridgehead atoms. The Balaban J connectivity index is 1.56. The Bertz CT molecular complexity index is 1080. The Kier molecular flexibility index (Phi) is 8.95. The number of carboxylic acids is 1. The number of thiazole rings is 1. The third-order valence-electron chi connectivity index (χ3n) is 5.17. The van der Waals surface area contributed by atoms with Crippen LogP contribution in [0.2, 0.25) is 0 Å². The van der Waals surface area contributed by atoms with Crippen molar-refractivity contribution in [1.82, 2.24) is 4.98 Å². The number of hydrogen-bond donors (Lipinski definition) is 2. The minimum atomic E-state index is -1.22. The molecule has 2 N–H and O–H groups in total. The van der Waals surface area contributed by atoms with Crippen LogP contribution in [-0.4, -0.2) is 16.9 Å². The van der Waals surface area contributed by atoms with Gasteiger partial charge in [-0.1, -0.05) is 44.4 Å². The van der Waals surface area contributed by atoms with E-state index >= 15 is 0 Å². The lowest BCUT2D eigenvalue weighted by Crippen LogP contribution is -2.24. The zero-order chi connectivity index (χ0) is 23.6. The number of anilines is 2. The van der Waals surface area contributed by atoms with E-state index in [0.717, 1.165) is 47.4 Å². The summed E-state index contributed by atoms with van der Waals surface area (Å²) < 4.78 is 13.8. The number of carboxylic acid groups (broad SMARTS) is 1. The van der Waals surface area contributed by atoms with E-state index in [0.29, 0.717) is 22.9 Å². The minimum Gasteiger partial charge on any atom is -0.550 e. The second-order valence-corrected chi connectivity index (χ2v) is 8.67. The van der Waals surface area contributed by atoms with E-state index in [1.807, 2.05) is 18.2 Å². The number of carbonyl (C=O) groups excluding carboxylic acids is 2. The Hall–Kier alpha value is -3.26. The summed E-state index contributed by atoms with van der Waals surface area (Å²) >= 11 is 1.16. The van der Waals surface area contributed by atoms with Crippen LogP contribution < -0.4 is 15.7 Å². The number of benzene rings is 2. The summed E-state index contributed by atoms with van der Waals surface area (Å²) in [7, 11) is 0. The van der Waals surface area contributed by atoms with Gasteiger partial charge in [0.05, 0.1) is 5.69 Å². The van der Waals surface area contributed by atoms with Crippen LogP contribution in [0.1, 0.15) is 59.8 Å². The largest absolute Gasteiger partial charge is 0.550 e. The average Bonchev–Trinajstić information content (AvgIpc) is 3.22. The molecule has 0 aliphatic rings. The van der Waals surface area contributed by atoms with Crippen LogP contribution in [0, 0.1) is 5.82 Å². The fourth-order valence-corrected chi connectivity index (χ4v) is 4.11. The van der Waals surface area contributed by atoms with E-state index in [1.165, 1.54) is 25.0 Å². The highest BCUT2D eigenvalue weighted by atomic mass is 32.1.